The summed E-state index contributed by atoms with van der Waals surface area (Å²) in [6.45, 7) is 4.82. The van der Waals surface area contributed by atoms with E-state index in [1.54, 1.807) is 0 Å². The molecule has 1 aliphatic heterocycles. The van der Waals surface area contributed by atoms with Crippen LogP contribution < -0.4 is 16.2 Å². The van der Waals surface area contributed by atoms with E-state index < -0.39 is 16.9 Å². The van der Waals surface area contributed by atoms with Crippen molar-refractivity contribution in [3.05, 3.63) is 40.3 Å². The number of fused-ring (bicyclic) bond motifs is 1. The van der Waals surface area contributed by atoms with Gasteiger partial charge >= 0.3 is 6.18 Å². The number of aromatic nitrogens is 2. The van der Waals surface area contributed by atoms with Crippen molar-refractivity contribution >= 4 is 18.4 Å². The first kappa shape index (κ1) is 23.8. The van der Waals surface area contributed by atoms with Crippen LogP contribution in [0.4, 0.5) is 13.2 Å². The average molecular weight is 419 g/mol. The number of hydrogen-bond acceptors (Lipinski definition) is 6. The molecule has 0 fully saturated rings. The number of nitrogens with zero attached hydrogens (tertiary/aromatic N) is 2. The van der Waals surface area contributed by atoms with Gasteiger partial charge in [0.1, 0.15) is 18.2 Å². The first-order valence-corrected chi connectivity index (χ1v) is 8.66. The van der Waals surface area contributed by atoms with Crippen LogP contribution in [0.3, 0.4) is 0 Å². The monoisotopic (exact) mass is 418 g/mol. The summed E-state index contributed by atoms with van der Waals surface area (Å²) in [7, 11) is 1.50. The van der Waals surface area contributed by atoms with E-state index in [0.29, 0.717) is 36.7 Å². The van der Waals surface area contributed by atoms with Crippen LogP contribution in [-0.4, -0.2) is 37.0 Å². The molecule has 1 atom stereocenters. The molecule has 0 radical (unpaired) electrons. The lowest BCUT2D eigenvalue weighted by Crippen LogP contribution is -2.10. The fraction of sp³-hybridized carbons (Fsp3) is 0.389. The summed E-state index contributed by atoms with van der Waals surface area (Å²) in [5.41, 5.74) is 11.0. The molecular weight excluding hydrogens is 397 g/mol. The van der Waals surface area contributed by atoms with Crippen molar-refractivity contribution < 1.29 is 22.7 Å². The average Bonchev–Trinajstić information content (AvgIpc) is 3.05. The van der Waals surface area contributed by atoms with E-state index in [1.165, 1.54) is 13.1 Å². The summed E-state index contributed by atoms with van der Waals surface area (Å²) in [5, 5.41) is -0.479. The Morgan fingerprint density at radius 1 is 1.36 bits per heavy atom. The van der Waals surface area contributed by atoms with Gasteiger partial charge in [0.15, 0.2) is 5.69 Å². The Hall–Kier alpha value is -2.23. The molecule has 0 amide bonds. The molecule has 3 heterocycles. The Morgan fingerprint density at radius 2 is 2.00 bits per heavy atom. The van der Waals surface area contributed by atoms with Crippen molar-refractivity contribution in [2.45, 2.75) is 25.4 Å². The Kier molecular flexibility index (Phi) is 8.80. The summed E-state index contributed by atoms with van der Waals surface area (Å²) in [4.78, 5) is 15.8. The van der Waals surface area contributed by atoms with Gasteiger partial charge in [-0.05, 0) is 25.7 Å². The second kappa shape index (κ2) is 10.4. The number of carbonyl (C=O) groups excluding carboxylic acids is 1. The minimum atomic E-state index is -4.64. The van der Waals surface area contributed by atoms with Crippen LogP contribution in [0.2, 0.25) is 5.02 Å². The van der Waals surface area contributed by atoms with Crippen molar-refractivity contribution in [2.24, 2.45) is 11.5 Å². The first-order valence-electron chi connectivity index (χ1n) is 8.28. The molecule has 10 heteroatoms. The van der Waals surface area contributed by atoms with Gasteiger partial charge in [0.25, 0.3) is 0 Å². The third kappa shape index (κ3) is 4.98. The van der Waals surface area contributed by atoms with Crippen LogP contribution in [0.5, 0.6) is 5.75 Å². The number of alkyl halides is 3. The molecule has 0 spiro atoms. The van der Waals surface area contributed by atoms with E-state index >= 15 is 0 Å². The summed E-state index contributed by atoms with van der Waals surface area (Å²) in [6, 6.07) is 3.31. The molecular formula is C18H22ClF3N4O2. The number of rotatable bonds is 3. The third-order valence-electron chi connectivity index (χ3n) is 3.88. The van der Waals surface area contributed by atoms with Crippen LogP contribution in [0.1, 0.15) is 29.8 Å². The van der Waals surface area contributed by atoms with Gasteiger partial charge in [-0.2, -0.15) is 13.2 Å². The molecule has 0 aliphatic carbocycles. The molecule has 0 bridgehead atoms. The second-order valence-corrected chi connectivity index (χ2v) is 6.03. The van der Waals surface area contributed by atoms with E-state index in [0.717, 1.165) is 11.8 Å². The Balaban J connectivity index is 0.000000921. The Labute approximate surface area is 166 Å². The molecule has 154 valence electrons. The molecule has 0 saturated heterocycles. The van der Waals surface area contributed by atoms with Crippen molar-refractivity contribution in [1.29, 1.82) is 0 Å². The smallest absolute Gasteiger partial charge is 0.434 e. The predicted octanol–water partition coefficient (Wildman–Crippen LogP) is 3.20. The third-order valence-corrected chi connectivity index (χ3v) is 4.26. The Bertz CT molecular complexity index is 803. The van der Waals surface area contributed by atoms with Crippen molar-refractivity contribution in [3.63, 3.8) is 0 Å². The largest absolute Gasteiger partial charge is 0.490 e. The fourth-order valence-corrected chi connectivity index (χ4v) is 3.02. The highest BCUT2D eigenvalue weighted by atomic mass is 35.5. The second-order valence-electron chi connectivity index (χ2n) is 5.65. The fourth-order valence-electron chi connectivity index (χ4n) is 2.71. The quantitative estimate of drug-likeness (QED) is 0.793. The molecule has 6 nitrogen and oxygen atoms in total. The first-order chi connectivity index (χ1) is 13.3. The maximum atomic E-state index is 13.1. The van der Waals surface area contributed by atoms with Gasteiger partial charge in [-0.1, -0.05) is 18.5 Å². The zero-order valence-electron chi connectivity index (χ0n) is 15.5. The zero-order chi connectivity index (χ0) is 21.5. The highest BCUT2D eigenvalue weighted by Crippen LogP contribution is 2.45. The maximum Gasteiger partial charge on any atom is 0.434 e. The van der Waals surface area contributed by atoms with Gasteiger partial charge in [0.05, 0.1) is 11.6 Å². The maximum absolute atomic E-state index is 13.1. The summed E-state index contributed by atoms with van der Waals surface area (Å²) < 4.78 is 44.9. The number of hydrogen-bond donors (Lipinski definition) is 2. The molecule has 28 heavy (non-hydrogen) atoms. The lowest BCUT2D eigenvalue weighted by molar-refractivity contribution is -0.141. The number of pyridine rings is 2. The van der Waals surface area contributed by atoms with Gasteiger partial charge in [-0.15, -0.1) is 0 Å². The van der Waals surface area contributed by atoms with Crippen LogP contribution in [-0.2, 0) is 17.4 Å². The van der Waals surface area contributed by atoms with Gasteiger partial charge < -0.3 is 21.0 Å². The van der Waals surface area contributed by atoms with E-state index in [-0.39, 0.29) is 11.5 Å². The highest BCUT2D eigenvalue weighted by molar-refractivity contribution is 6.34. The molecule has 2 aromatic rings. The van der Waals surface area contributed by atoms with Crippen LogP contribution >= 0.6 is 11.6 Å². The SMILES string of the molecule is C=O.CC1COc2c1cc(CCN)nc2-c1ccnc(C(F)(F)F)c1Cl.CN. The summed E-state index contributed by atoms with van der Waals surface area (Å²) >= 11 is 5.99. The van der Waals surface area contributed by atoms with Crippen LogP contribution in [0, 0.1) is 0 Å². The number of nitrogens with two attached hydrogens (primary N) is 2. The summed E-state index contributed by atoms with van der Waals surface area (Å²) in [6.07, 6.45) is -3.05. The minimum absolute atomic E-state index is 0.126. The van der Waals surface area contributed by atoms with Gasteiger partial charge in [-0.25, -0.2) is 4.98 Å². The normalized spacial score (nSPS) is 14.8. The van der Waals surface area contributed by atoms with E-state index in [4.69, 9.17) is 26.9 Å². The standard InChI is InChI=1S/C16H15ClF3N3O.CH5N.CH2O/c1-8-7-24-14-11(8)6-9(2-4-21)23-13(14)10-3-5-22-15(12(10)17)16(18,19)20;2*1-2/h3,5-6,8H,2,4,7,21H2,1H3;2H2,1H3;1H2. The molecule has 4 N–H and O–H groups in total. The predicted molar refractivity (Wildman–Crippen MR) is 101 cm³/mol. The minimum Gasteiger partial charge on any atom is -0.490 e. The number of carbonyl (C=O) groups is 1. The van der Waals surface area contributed by atoms with E-state index in [1.807, 2.05) is 19.8 Å². The van der Waals surface area contributed by atoms with Gasteiger partial charge in [0.2, 0.25) is 0 Å². The molecule has 0 aromatic carbocycles. The van der Waals surface area contributed by atoms with Crippen molar-refractivity contribution in [2.75, 3.05) is 20.2 Å². The van der Waals surface area contributed by atoms with Crippen LogP contribution in [0.15, 0.2) is 18.3 Å². The van der Waals surface area contributed by atoms with Gasteiger partial charge in [0, 0.05) is 35.4 Å². The lowest BCUT2D eigenvalue weighted by Gasteiger charge is -2.14. The summed E-state index contributed by atoms with van der Waals surface area (Å²) in [5.74, 6) is 0.602. The number of ether oxygens (including phenoxy) is 1. The molecule has 0 saturated carbocycles. The highest BCUT2D eigenvalue weighted by Gasteiger charge is 2.37. The van der Waals surface area contributed by atoms with Gasteiger partial charge in [-0.3, -0.25) is 4.98 Å². The number of halogens is 4. The topological polar surface area (TPSA) is 104 Å². The zero-order valence-corrected chi connectivity index (χ0v) is 16.3. The van der Waals surface area contributed by atoms with Crippen molar-refractivity contribution in [3.8, 4) is 17.0 Å². The lowest BCUT2D eigenvalue weighted by atomic mass is 9.99. The molecule has 2 aromatic heterocycles. The van der Waals surface area contributed by atoms with Crippen LogP contribution in [0.25, 0.3) is 11.3 Å². The molecule has 3 rings (SSSR count). The van der Waals surface area contributed by atoms with E-state index in [9.17, 15) is 13.2 Å². The molecule has 1 aliphatic rings. The molecule has 1 unspecified atom stereocenters. The Morgan fingerprint density at radius 3 is 2.57 bits per heavy atom. The van der Waals surface area contributed by atoms with Crippen molar-refractivity contribution in [1.82, 2.24) is 9.97 Å². The van der Waals surface area contributed by atoms with E-state index in [2.05, 4.69) is 15.7 Å².